The molecule has 0 bridgehead atoms. The minimum atomic E-state index is -3.72. The average Bonchev–Trinajstić information content (AvgIpc) is 2.72. The lowest BCUT2D eigenvalue weighted by atomic mass is 10.3. The second kappa shape index (κ2) is 3.83. The van der Waals surface area contributed by atoms with E-state index >= 15 is 0 Å². The van der Waals surface area contributed by atoms with E-state index < -0.39 is 10.0 Å². The predicted molar refractivity (Wildman–Crippen MR) is 63.2 cm³/mol. The highest BCUT2D eigenvalue weighted by molar-refractivity contribution is 7.89. The summed E-state index contributed by atoms with van der Waals surface area (Å²) in [6, 6.07) is 0. The number of nitrogens with zero attached hydrogens (tertiary/aromatic N) is 2. The van der Waals surface area contributed by atoms with Crippen LogP contribution < -0.4 is 5.14 Å². The second-order valence-corrected chi connectivity index (χ2v) is 5.77. The van der Waals surface area contributed by atoms with Gasteiger partial charge in [0.1, 0.15) is 0 Å². The highest BCUT2D eigenvalue weighted by atomic mass is 32.2. The lowest BCUT2D eigenvalue weighted by Gasteiger charge is -2.01. The molecule has 7 heteroatoms. The largest absolute Gasteiger partial charge is 0.277 e. The highest BCUT2D eigenvalue weighted by Crippen LogP contribution is 2.24. The molecular formula is C9H13N3O2S2. The van der Waals surface area contributed by atoms with Crippen LogP contribution in [0.5, 0.6) is 0 Å². The zero-order valence-electron chi connectivity index (χ0n) is 9.10. The summed E-state index contributed by atoms with van der Waals surface area (Å²) < 4.78 is 24.8. The van der Waals surface area contributed by atoms with Crippen molar-refractivity contribution in [1.82, 2.24) is 9.38 Å². The van der Waals surface area contributed by atoms with E-state index in [1.807, 2.05) is 19.2 Å². The van der Waals surface area contributed by atoms with Gasteiger partial charge in [0.15, 0.2) is 9.99 Å². The van der Waals surface area contributed by atoms with Crippen LogP contribution in [0.15, 0.2) is 10.4 Å². The second-order valence-electron chi connectivity index (χ2n) is 3.46. The van der Waals surface area contributed by atoms with Crippen molar-refractivity contribution in [3.8, 4) is 0 Å². The lowest BCUT2D eigenvalue weighted by molar-refractivity contribution is 0.590. The molecule has 0 saturated carbocycles. The van der Waals surface area contributed by atoms with E-state index in [-0.39, 0.29) is 5.03 Å². The van der Waals surface area contributed by atoms with Crippen molar-refractivity contribution < 1.29 is 8.42 Å². The molecule has 0 aliphatic carbocycles. The van der Waals surface area contributed by atoms with Gasteiger partial charge in [0.2, 0.25) is 0 Å². The molecule has 0 atom stereocenters. The third kappa shape index (κ3) is 1.64. The van der Waals surface area contributed by atoms with Crippen molar-refractivity contribution in [2.24, 2.45) is 5.14 Å². The molecule has 2 rings (SSSR count). The number of primary sulfonamides is 1. The molecule has 0 unspecified atom stereocenters. The van der Waals surface area contributed by atoms with Crippen LogP contribution >= 0.6 is 11.3 Å². The molecule has 0 saturated heterocycles. The monoisotopic (exact) mass is 259 g/mol. The summed E-state index contributed by atoms with van der Waals surface area (Å²) in [6.45, 7) is 3.84. The number of hydrogen-bond acceptors (Lipinski definition) is 4. The molecule has 5 nitrogen and oxygen atoms in total. The summed E-state index contributed by atoms with van der Waals surface area (Å²) in [4.78, 5) is 4.98. The summed E-state index contributed by atoms with van der Waals surface area (Å²) in [5, 5.41) is 7.30. The van der Waals surface area contributed by atoms with Gasteiger partial charge in [0, 0.05) is 11.1 Å². The average molecular weight is 259 g/mol. The SMILES string of the molecule is CCc1nc2scc(CC)n2c1S(N)(=O)=O. The van der Waals surface area contributed by atoms with E-state index in [1.165, 1.54) is 11.3 Å². The van der Waals surface area contributed by atoms with Gasteiger partial charge in [0.05, 0.1) is 5.69 Å². The summed E-state index contributed by atoms with van der Waals surface area (Å²) in [5.74, 6) is 0. The molecule has 0 amide bonds. The van der Waals surface area contributed by atoms with Crippen molar-refractivity contribution in [3.63, 3.8) is 0 Å². The molecule has 2 aromatic heterocycles. The van der Waals surface area contributed by atoms with E-state index in [2.05, 4.69) is 4.98 Å². The number of aromatic nitrogens is 2. The molecule has 0 aliphatic rings. The Balaban J connectivity index is 2.89. The Morgan fingerprint density at radius 2 is 2.12 bits per heavy atom. The molecule has 0 fully saturated rings. The number of fused-ring (bicyclic) bond motifs is 1. The van der Waals surface area contributed by atoms with Crippen molar-refractivity contribution in [3.05, 3.63) is 16.8 Å². The van der Waals surface area contributed by atoms with Crippen LogP contribution in [-0.2, 0) is 22.9 Å². The van der Waals surface area contributed by atoms with Crippen molar-refractivity contribution in [2.45, 2.75) is 31.7 Å². The van der Waals surface area contributed by atoms with Crippen LogP contribution in [0.4, 0.5) is 0 Å². The molecule has 0 aliphatic heterocycles. The number of imidazole rings is 1. The first-order chi connectivity index (χ1) is 7.49. The molecule has 2 N–H and O–H groups in total. The maximum atomic E-state index is 11.6. The van der Waals surface area contributed by atoms with Crippen molar-refractivity contribution in [1.29, 1.82) is 0 Å². The van der Waals surface area contributed by atoms with Crippen LogP contribution in [-0.4, -0.2) is 17.8 Å². The maximum absolute atomic E-state index is 11.6. The normalized spacial score (nSPS) is 12.4. The Labute approximate surface area is 98.0 Å². The summed E-state index contributed by atoms with van der Waals surface area (Å²) >= 11 is 1.44. The minimum Gasteiger partial charge on any atom is -0.277 e. The van der Waals surface area contributed by atoms with Crippen LogP contribution in [0.3, 0.4) is 0 Å². The van der Waals surface area contributed by atoms with E-state index in [1.54, 1.807) is 4.40 Å². The van der Waals surface area contributed by atoms with E-state index in [9.17, 15) is 8.42 Å². The fraction of sp³-hybridized carbons (Fsp3) is 0.444. The smallest absolute Gasteiger partial charge is 0.255 e. The Morgan fingerprint density at radius 1 is 1.44 bits per heavy atom. The Morgan fingerprint density at radius 3 is 2.62 bits per heavy atom. The Bertz CT molecular complexity index is 625. The van der Waals surface area contributed by atoms with Crippen molar-refractivity contribution in [2.75, 3.05) is 0 Å². The Kier molecular flexibility index (Phi) is 2.77. The van der Waals surface area contributed by atoms with Gasteiger partial charge in [-0.3, -0.25) is 4.40 Å². The predicted octanol–water partition coefficient (Wildman–Crippen LogP) is 1.17. The molecule has 0 radical (unpaired) electrons. The summed E-state index contributed by atoms with van der Waals surface area (Å²) in [5.41, 5.74) is 1.47. The standard InChI is InChI=1S/C9H13N3O2S2/c1-3-6-5-15-9-11-7(4-2)8(12(6)9)16(10,13)14/h5H,3-4H2,1-2H3,(H2,10,13,14). The number of sulfonamides is 1. The Hall–Kier alpha value is -0.920. The van der Waals surface area contributed by atoms with E-state index in [4.69, 9.17) is 5.14 Å². The zero-order chi connectivity index (χ0) is 11.9. The van der Waals surface area contributed by atoms with Gasteiger partial charge in [0.25, 0.3) is 10.0 Å². The van der Waals surface area contributed by atoms with Crippen LogP contribution in [0.25, 0.3) is 4.96 Å². The van der Waals surface area contributed by atoms with Gasteiger partial charge in [-0.05, 0) is 12.8 Å². The van der Waals surface area contributed by atoms with E-state index in [0.717, 1.165) is 12.1 Å². The van der Waals surface area contributed by atoms with Crippen LogP contribution in [0, 0.1) is 0 Å². The van der Waals surface area contributed by atoms with Gasteiger partial charge in [-0.2, -0.15) is 0 Å². The highest BCUT2D eigenvalue weighted by Gasteiger charge is 2.23. The van der Waals surface area contributed by atoms with Gasteiger partial charge in [-0.1, -0.05) is 13.8 Å². The molecule has 0 spiro atoms. The molecular weight excluding hydrogens is 246 g/mol. The van der Waals surface area contributed by atoms with Gasteiger partial charge >= 0.3 is 0 Å². The summed E-state index contributed by atoms with van der Waals surface area (Å²) in [6.07, 6.45) is 1.31. The fourth-order valence-corrected chi connectivity index (χ4v) is 3.72. The third-order valence-electron chi connectivity index (χ3n) is 2.43. The summed E-state index contributed by atoms with van der Waals surface area (Å²) in [7, 11) is -3.72. The van der Waals surface area contributed by atoms with E-state index in [0.29, 0.717) is 17.1 Å². The first-order valence-corrected chi connectivity index (χ1v) is 7.42. The number of aryl methyl sites for hydroxylation is 2. The third-order valence-corrected chi connectivity index (χ3v) is 4.26. The quantitative estimate of drug-likeness (QED) is 0.898. The molecule has 88 valence electrons. The van der Waals surface area contributed by atoms with Gasteiger partial charge < -0.3 is 0 Å². The molecule has 0 aromatic carbocycles. The first kappa shape index (κ1) is 11.6. The number of nitrogens with two attached hydrogens (primary N) is 1. The van der Waals surface area contributed by atoms with Gasteiger partial charge in [-0.25, -0.2) is 18.5 Å². The molecule has 2 heterocycles. The van der Waals surface area contributed by atoms with Gasteiger partial charge in [-0.15, -0.1) is 11.3 Å². The maximum Gasteiger partial charge on any atom is 0.255 e. The fourth-order valence-electron chi connectivity index (χ4n) is 1.70. The van der Waals surface area contributed by atoms with Crippen molar-refractivity contribution >= 4 is 26.3 Å². The zero-order valence-corrected chi connectivity index (χ0v) is 10.7. The molecule has 2 aromatic rings. The molecule has 16 heavy (non-hydrogen) atoms. The number of rotatable bonds is 3. The minimum absolute atomic E-state index is 0.142. The van der Waals surface area contributed by atoms with Crippen LogP contribution in [0.2, 0.25) is 0 Å². The van der Waals surface area contributed by atoms with Crippen LogP contribution in [0.1, 0.15) is 25.2 Å². The number of hydrogen-bond donors (Lipinski definition) is 1. The lowest BCUT2D eigenvalue weighted by Crippen LogP contribution is -2.17. The first-order valence-electron chi connectivity index (χ1n) is 4.99. The number of thiazole rings is 1. The topological polar surface area (TPSA) is 77.5 Å².